The van der Waals surface area contributed by atoms with Gasteiger partial charge in [0, 0.05) is 42.1 Å². The van der Waals surface area contributed by atoms with Crippen LogP contribution >= 0.6 is 11.6 Å². The highest BCUT2D eigenvalue weighted by atomic mass is 35.5. The summed E-state index contributed by atoms with van der Waals surface area (Å²) in [5.41, 5.74) is 4.98. The minimum Gasteiger partial charge on any atom is -0.317 e. The number of rotatable bonds is 4. The first-order chi connectivity index (χ1) is 15.7. The molecule has 0 fully saturated rings. The summed E-state index contributed by atoms with van der Waals surface area (Å²) in [7, 11) is 0. The molecular formula is C26H21ClN4O. The van der Waals surface area contributed by atoms with Crippen LogP contribution in [-0.4, -0.2) is 27.0 Å². The molecule has 4 heterocycles. The van der Waals surface area contributed by atoms with E-state index < -0.39 is 5.54 Å². The Morgan fingerprint density at radius 1 is 1.06 bits per heavy atom. The van der Waals surface area contributed by atoms with Crippen LogP contribution in [0.1, 0.15) is 29.5 Å². The predicted octanol–water partition coefficient (Wildman–Crippen LogP) is 5.07. The van der Waals surface area contributed by atoms with Crippen molar-refractivity contribution in [1.82, 2.24) is 14.5 Å². The van der Waals surface area contributed by atoms with Gasteiger partial charge in [0.1, 0.15) is 5.82 Å². The van der Waals surface area contributed by atoms with Gasteiger partial charge in [-0.1, -0.05) is 48.0 Å². The summed E-state index contributed by atoms with van der Waals surface area (Å²) in [5, 5.41) is 0.693. The molecule has 4 aromatic rings. The molecule has 1 atom stereocenters. The monoisotopic (exact) mass is 440 g/mol. The molecule has 0 N–H and O–H groups in total. The predicted molar refractivity (Wildman–Crippen MR) is 125 cm³/mol. The maximum Gasteiger partial charge on any atom is 0.227 e. The third kappa shape index (κ3) is 2.74. The maximum absolute atomic E-state index is 13.4. The highest BCUT2D eigenvalue weighted by Gasteiger charge is 2.45. The molecule has 0 saturated carbocycles. The van der Waals surface area contributed by atoms with Crippen LogP contribution in [0.25, 0.3) is 11.4 Å². The highest BCUT2D eigenvalue weighted by Crippen LogP contribution is 2.49. The van der Waals surface area contributed by atoms with Crippen LogP contribution in [0.2, 0.25) is 5.02 Å². The minimum absolute atomic E-state index is 0.121. The van der Waals surface area contributed by atoms with Crippen molar-refractivity contribution in [2.24, 2.45) is 0 Å². The van der Waals surface area contributed by atoms with Crippen molar-refractivity contribution in [1.29, 1.82) is 0 Å². The zero-order valence-corrected chi connectivity index (χ0v) is 18.2. The molecule has 32 heavy (non-hydrogen) atoms. The van der Waals surface area contributed by atoms with E-state index in [-0.39, 0.29) is 5.91 Å². The van der Waals surface area contributed by atoms with Crippen LogP contribution in [0.15, 0.2) is 79.4 Å². The molecule has 2 aliphatic rings. The summed E-state index contributed by atoms with van der Waals surface area (Å²) in [5.74, 6) is 1.05. The minimum atomic E-state index is -0.514. The Morgan fingerprint density at radius 2 is 1.91 bits per heavy atom. The third-order valence-electron chi connectivity index (χ3n) is 6.77. The van der Waals surface area contributed by atoms with E-state index in [0.717, 1.165) is 29.1 Å². The van der Waals surface area contributed by atoms with E-state index >= 15 is 0 Å². The third-order valence-corrected chi connectivity index (χ3v) is 7.02. The molecule has 6 heteroatoms. The molecular weight excluding hydrogens is 420 g/mol. The number of nitrogens with zero attached hydrogens (tertiary/aromatic N) is 4. The van der Waals surface area contributed by atoms with Gasteiger partial charge in [-0.3, -0.25) is 9.78 Å². The van der Waals surface area contributed by atoms with Crippen LogP contribution in [0.4, 0.5) is 5.69 Å². The molecule has 1 amide bonds. The lowest BCUT2D eigenvalue weighted by atomic mass is 9.79. The number of aromatic nitrogens is 3. The fourth-order valence-electron chi connectivity index (χ4n) is 5.30. The molecule has 2 aliphatic heterocycles. The van der Waals surface area contributed by atoms with Gasteiger partial charge in [-0.2, -0.15) is 0 Å². The molecule has 1 unspecified atom stereocenters. The summed E-state index contributed by atoms with van der Waals surface area (Å²) in [6.45, 7) is 0.709. The van der Waals surface area contributed by atoms with E-state index in [1.54, 1.807) is 12.4 Å². The second-order valence-corrected chi connectivity index (χ2v) is 8.77. The van der Waals surface area contributed by atoms with Crippen LogP contribution < -0.4 is 4.90 Å². The van der Waals surface area contributed by atoms with Crippen LogP contribution in [0, 0.1) is 0 Å². The van der Waals surface area contributed by atoms with Gasteiger partial charge in [0.2, 0.25) is 5.91 Å². The van der Waals surface area contributed by atoms with Gasteiger partial charge >= 0.3 is 0 Å². The van der Waals surface area contributed by atoms with Crippen LogP contribution in [-0.2, 0) is 16.8 Å². The quantitative estimate of drug-likeness (QED) is 0.445. The van der Waals surface area contributed by atoms with Crippen molar-refractivity contribution >= 4 is 23.2 Å². The van der Waals surface area contributed by atoms with Gasteiger partial charge in [0.05, 0.1) is 17.4 Å². The van der Waals surface area contributed by atoms with Crippen LogP contribution in [0.5, 0.6) is 0 Å². The number of hydrogen-bond acceptors (Lipinski definition) is 3. The van der Waals surface area contributed by atoms with E-state index in [2.05, 4.69) is 44.9 Å². The van der Waals surface area contributed by atoms with Gasteiger partial charge in [-0.15, -0.1) is 0 Å². The SMILES string of the molecule is O=C(CCC1(c2ccc(Cl)cc2)c2ccccc2-c2nccn21)N1CCc2ccncc21. The number of carbonyl (C=O) groups is 1. The zero-order chi connectivity index (χ0) is 21.7. The molecule has 158 valence electrons. The van der Waals surface area contributed by atoms with Gasteiger partial charge in [0.15, 0.2) is 0 Å². The number of benzene rings is 2. The summed E-state index contributed by atoms with van der Waals surface area (Å²) < 4.78 is 2.22. The average molecular weight is 441 g/mol. The Hall–Kier alpha value is -3.44. The lowest BCUT2D eigenvalue weighted by Crippen LogP contribution is -2.36. The molecule has 6 rings (SSSR count). The Balaban J connectivity index is 1.42. The molecule has 2 aromatic carbocycles. The maximum atomic E-state index is 13.4. The summed E-state index contributed by atoms with van der Waals surface area (Å²) in [6, 6.07) is 18.3. The first kappa shape index (κ1) is 19.3. The molecule has 0 saturated heterocycles. The number of imidazole rings is 1. The molecule has 0 spiro atoms. The van der Waals surface area contributed by atoms with Crippen molar-refractivity contribution in [3.63, 3.8) is 0 Å². The van der Waals surface area contributed by atoms with Gasteiger partial charge < -0.3 is 9.47 Å². The van der Waals surface area contributed by atoms with Crippen molar-refractivity contribution in [2.75, 3.05) is 11.4 Å². The second kappa shape index (κ2) is 7.31. The van der Waals surface area contributed by atoms with Crippen molar-refractivity contribution in [3.05, 3.63) is 101 Å². The number of hydrogen-bond donors (Lipinski definition) is 0. The lowest BCUT2D eigenvalue weighted by molar-refractivity contribution is -0.118. The topological polar surface area (TPSA) is 51.0 Å². The van der Waals surface area contributed by atoms with Crippen molar-refractivity contribution in [3.8, 4) is 11.4 Å². The van der Waals surface area contributed by atoms with Crippen molar-refractivity contribution < 1.29 is 4.79 Å². The Morgan fingerprint density at radius 3 is 2.78 bits per heavy atom. The number of anilines is 1. The average Bonchev–Trinajstić information content (AvgIpc) is 3.53. The lowest BCUT2D eigenvalue weighted by Gasteiger charge is -2.34. The first-order valence-electron chi connectivity index (χ1n) is 10.8. The summed E-state index contributed by atoms with van der Waals surface area (Å²) >= 11 is 6.22. The fraction of sp³-hybridized carbons (Fsp3) is 0.192. The summed E-state index contributed by atoms with van der Waals surface area (Å²) in [6.07, 6.45) is 9.35. The number of halogens is 1. The molecule has 0 bridgehead atoms. The Labute approximate surface area is 191 Å². The van der Waals surface area contributed by atoms with Gasteiger partial charge in [-0.25, -0.2) is 4.98 Å². The highest BCUT2D eigenvalue weighted by molar-refractivity contribution is 6.30. The van der Waals surface area contributed by atoms with E-state index in [1.165, 1.54) is 11.1 Å². The van der Waals surface area contributed by atoms with E-state index in [4.69, 9.17) is 11.6 Å². The van der Waals surface area contributed by atoms with Crippen LogP contribution in [0.3, 0.4) is 0 Å². The second-order valence-electron chi connectivity index (χ2n) is 8.33. The van der Waals surface area contributed by atoms with Gasteiger partial charge in [-0.05, 0) is 47.7 Å². The smallest absolute Gasteiger partial charge is 0.227 e. The number of fused-ring (bicyclic) bond motifs is 4. The van der Waals surface area contributed by atoms with E-state index in [0.29, 0.717) is 24.4 Å². The number of amides is 1. The standard InChI is InChI=1S/C26H21ClN4O/c27-20-7-5-19(6-8-20)26(22-4-2-1-3-21(22)25-29-14-16-31(25)26)12-9-24(32)30-15-11-18-10-13-28-17-23(18)30/h1-8,10,13-14,16-17H,9,11-12,15H2. The van der Waals surface area contributed by atoms with Gasteiger partial charge in [0.25, 0.3) is 0 Å². The molecule has 5 nitrogen and oxygen atoms in total. The molecule has 0 radical (unpaired) electrons. The Kier molecular flexibility index (Phi) is 4.40. The largest absolute Gasteiger partial charge is 0.317 e. The first-order valence-corrected chi connectivity index (χ1v) is 11.2. The summed E-state index contributed by atoms with van der Waals surface area (Å²) in [4.78, 5) is 24.2. The zero-order valence-electron chi connectivity index (χ0n) is 17.4. The molecule has 0 aliphatic carbocycles. The normalized spacial score (nSPS) is 18.3. The van der Waals surface area contributed by atoms with E-state index in [1.807, 2.05) is 41.6 Å². The van der Waals surface area contributed by atoms with E-state index in [9.17, 15) is 4.79 Å². The van der Waals surface area contributed by atoms with Crippen molar-refractivity contribution in [2.45, 2.75) is 24.8 Å². The Bertz CT molecular complexity index is 1330. The number of carbonyl (C=O) groups excluding carboxylic acids is 1. The number of pyridine rings is 1. The molecule has 2 aromatic heterocycles. The fourth-order valence-corrected chi connectivity index (χ4v) is 5.43.